The van der Waals surface area contributed by atoms with Gasteiger partial charge in [-0.15, -0.1) is 0 Å². The quantitative estimate of drug-likeness (QED) is 0.722. The van der Waals surface area contributed by atoms with E-state index in [2.05, 4.69) is 30.7 Å². The molecule has 5 nitrogen and oxygen atoms in total. The molecule has 0 aliphatic carbocycles. The van der Waals surface area contributed by atoms with E-state index < -0.39 is 10.0 Å². The topological polar surface area (TPSA) is 43.9 Å². The monoisotopic (exact) mass is 291 g/mol. The van der Waals surface area contributed by atoms with Crippen molar-refractivity contribution in [2.45, 2.75) is 39.3 Å². The van der Waals surface area contributed by atoms with Crippen molar-refractivity contribution >= 4 is 10.0 Å². The van der Waals surface area contributed by atoms with Gasteiger partial charge < -0.3 is 4.90 Å². The van der Waals surface area contributed by atoms with E-state index in [0.29, 0.717) is 25.2 Å². The molecule has 1 rings (SSSR count). The third kappa shape index (κ3) is 4.70. The standard InChI is InChI=1S/C13H29N3O2S/c1-6-12(3)16-9-8-14(4)10-13(16)11-15(7-2)19(5,17)18/h12-13H,6-11H2,1-5H3. The lowest BCUT2D eigenvalue weighted by Gasteiger charge is -2.44. The Morgan fingerprint density at radius 2 is 1.95 bits per heavy atom. The molecule has 1 aliphatic rings. The van der Waals surface area contributed by atoms with Crippen LogP contribution in [0.25, 0.3) is 0 Å². The molecule has 114 valence electrons. The number of hydrogen-bond donors (Lipinski definition) is 0. The fraction of sp³-hybridized carbons (Fsp3) is 1.00. The third-order valence-electron chi connectivity index (χ3n) is 4.12. The molecule has 0 saturated carbocycles. The Morgan fingerprint density at radius 1 is 1.32 bits per heavy atom. The molecule has 1 aliphatic heterocycles. The summed E-state index contributed by atoms with van der Waals surface area (Å²) in [6.07, 6.45) is 2.40. The first kappa shape index (κ1) is 16.9. The Labute approximate surface area is 118 Å². The highest BCUT2D eigenvalue weighted by Crippen LogP contribution is 2.16. The summed E-state index contributed by atoms with van der Waals surface area (Å²) in [6, 6.07) is 0.806. The molecule has 6 heteroatoms. The largest absolute Gasteiger partial charge is 0.303 e. The maximum atomic E-state index is 11.8. The van der Waals surface area contributed by atoms with Gasteiger partial charge in [-0.1, -0.05) is 13.8 Å². The van der Waals surface area contributed by atoms with Crippen LogP contribution in [0.3, 0.4) is 0 Å². The van der Waals surface area contributed by atoms with Gasteiger partial charge in [0.2, 0.25) is 10.0 Å². The number of sulfonamides is 1. The lowest BCUT2D eigenvalue weighted by atomic mass is 10.1. The van der Waals surface area contributed by atoms with Crippen LogP contribution in [0.15, 0.2) is 0 Å². The summed E-state index contributed by atoms with van der Waals surface area (Å²) in [7, 11) is -0.991. The Bertz CT molecular complexity index is 372. The minimum Gasteiger partial charge on any atom is -0.303 e. The highest BCUT2D eigenvalue weighted by atomic mass is 32.2. The molecular weight excluding hydrogens is 262 g/mol. The highest BCUT2D eigenvalue weighted by Gasteiger charge is 2.31. The molecule has 0 N–H and O–H groups in total. The van der Waals surface area contributed by atoms with Crippen molar-refractivity contribution in [2.24, 2.45) is 0 Å². The summed E-state index contributed by atoms with van der Waals surface area (Å²) in [5.74, 6) is 0. The summed E-state index contributed by atoms with van der Waals surface area (Å²) >= 11 is 0. The zero-order valence-electron chi connectivity index (χ0n) is 13.0. The van der Waals surface area contributed by atoms with E-state index in [1.807, 2.05) is 6.92 Å². The van der Waals surface area contributed by atoms with Crippen molar-refractivity contribution in [1.29, 1.82) is 0 Å². The molecule has 0 bridgehead atoms. The van der Waals surface area contributed by atoms with Gasteiger partial charge in [0.15, 0.2) is 0 Å². The SMILES string of the molecule is CCC(C)N1CCN(C)CC1CN(CC)S(C)(=O)=O. The zero-order chi connectivity index (χ0) is 14.6. The molecule has 0 aromatic carbocycles. The Hall–Kier alpha value is -0.170. The van der Waals surface area contributed by atoms with Crippen LogP contribution < -0.4 is 0 Å². The van der Waals surface area contributed by atoms with Crippen LogP contribution in [0.2, 0.25) is 0 Å². The molecule has 0 spiro atoms. The maximum absolute atomic E-state index is 11.8. The molecule has 0 radical (unpaired) electrons. The van der Waals surface area contributed by atoms with Gasteiger partial charge in [0, 0.05) is 44.8 Å². The highest BCUT2D eigenvalue weighted by molar-refractivity contribution is 7.88. The van der Waals surface area contributed by atoms with Crippen LogP contribution in [0, 0.1) is 0 Å². The van der Waals surface area contributed by atoms with Crippen molar-refractivity contribution in [3.63, 3.8) is 0 Å². The molecule has 0 aromatic rings. The second-order valence-corrected chi connectivity index (χ2v) is 7.61. The van der Waals surface area contributed by atoms with E-state index in [9.17, 15) is 8.42 Å². The molecule has 19 heavy (non-hydrogen) atoms. The van der Waals surface area contributed by atoms with Gasteiger partial charge >= 0.3 is 0 Å². The zero-order valence-corrected chi connectivity index (χ0v) is 13.8. The Morgan fingerprint density at radius 3 is 2.42 bits per heavy atom. The Balaban J connectivity index is 2.80. The van der Waals surface area contributed by atoms with Gasteiger partial charge in [-0.25, -0.2) is 12.7 Å². The van der Waals surface area contributed by atoms with Crippen LogP contribution in [-0.4, -0.2) is 80.6 Å². The van der Waals surface area contributed by atoms with Crippen molar-refractivity contribution in [1.82, 2.24) is 14.1 Å². The van der Waals surface area contributed by atoms with Crippen LogP contribution >= 0.6 is 0 Å². The minimum absolute atomic E-state index is 0.295. The lowest BCUT2D eigenvalue weighted by molar-refractivity contribution is 0.0475. The molecule has 2 atom stereocenters. The van der Waals surface area contributed by atoms with Crippen molar-refractivity contribution in [3.05, 3.63) is 0 Å². The minimum atomic E-state index is -3.10. The normalized spacial score (nSPS) is 24.8. The van der Waals surface area contributed by atoms with Crippen LogP contribution in [0.4, 0.5) is 0 Å². The molecule has 0 amide bonds. The van der Waals surface area contributed by atoms with E-state index >= 15 is 0 Å². The number of hydrogen-bond acceptors (Lipinski definition) is 4. The van der Waals surface area contributed by atoms with E-state index in [4.69, 9.17) is 0 Å². The van der Waals surface area contributed by atoms with Gasteiger partial charge in [0.25, 0.3) is 0 Å². The van der Waals surface area contributed by atoms with Gasteiger partial charge in [-0.3, -0.25) is 4.90 Å². The summed E-state index contributed by atoms with van der Waals surface area (Å²) in [6.45, 7) is 10.5. The number of rotatable bonds is 6. The first-order valence-electron chi connectivity index (χ1n) is 7.19. The second-order valence-electron chi connectivity index (χ2n) is 5.62. The maximum Gasteiger partial charge on any atom is 0.211 e. The lowest BCUT2D eigenvalue weighted by Crippen LogP contribution is -2.58. The van der Waals surface area contributed by atoms with Crippen molar-refractivity contribution < 1.29 is 8.42 Å². The van der Waals surface area contributed by atoms with Gasteiger partial charge in [0.05, 0.1) is 6.26 Å². The fourth-order valence-corrected chi connectivity index (χ4v) is 3.65. The Kier molecular flexibility index (Phi) is 6.23. The third-order valence-corrected chi connectivity index (χ3v) is 5.47. The van der Waals surface area contributed by atoms with Crippen LogP contribution in [0.5, 0.6) is 0 Å². The van der Waals surface area contributed by atoms with E-state index in [-0.39, 0.29) is 0 Å². The molecule has 1 saturated heterocycles. The van der Waals surface area contributed by atoms with Gasteiger partial charge in [-0.05, 0) is 20.4 Å². The second kappa shape index (κ2) is 7.02. The molecule has 1 heterocycles. The predicted octanol–water partition coefficient (Wildman–Crippen LogP) is 0.682. The number of piperazine rings is 1. The summed E-state index contributed by atoms with van der Waals surface area (Å²) in [4.78, 5) is 4.76. The number of nitrogens with zero attached hydrogens (tertiary/aromatic N) is 3. The summed E-state index contributed by atoms with van der Waals surface area (Å²) < 4.78 is 25.1. The van der Waals surface area contributed by atoms with Crippen molar-refractivity contribution in [3.8, 4) is 0 Å². The van der Waals surface area contributed by atoms with Gasteiger partial charge in [-0.2, -0.15) is 0 Å². The van der Waals surface area contributed by atoms with Crippen LogP contribution in [-0.2, 0) is 10.0 Å². The first-order chi connectivity index (χ1) is 8.79. The molecular formula is C13H29N3O2S. The van der Waals surface area contributed by atoms with E-state index in [1.54, 1.807) is 4.31 Å². The fourth-order valence-electron chi connectivity index (χ4n) is 2.74. The summed E-state index contributed by atoms with van der Waals surface area (Å²) in [5, 5.41) is 0. The predicted molar refractivity (Wildman–Crippen MR) is 79.8 cm³/mol. The molecule has 1 fully saturated rings. The van der Waals surface area contributed by atoms with Crippen LogP contribution in [0.1, 0.15) is 27.2 Å². The van der Waals surface area contributed by atoms with Gasteiger partial charge in [0.1, 0.15) is 0 Å². The van der Waals surface area contributed by atoms with E-state index in [0.717, 1.165) is 26.1 Å². The smallest absolute Gasteiger partial charge is 0.211 e. The average molecular weight is 291 g/mol. The molecule has 2 unspecified atom stereocenters. The summed E-state index contributed by atoms with van der Waals surface area (Å²) in [5.41, 5.74) is 0. The number of likely N-dealkylation sites (N-methyl/N-ethyl adjacent to an activating group) is 2. The first-order valence-corrected chi connectivity index (χ1v) is 9.03. The average Bonchev–Trinajstić information content (AvgIpc) is 2.33. The van der Waals surface area contributed by atoms with Crippen molar-refractivity contribution in [2.75, 3.05) is 46.0 Å². The molecule has 0 aromatic heterocycles. The van der Waals surface area contributed by atoms with E-state index in [1.165, 1.54) is 6.26 Å².